The standard InChI is InChI=1S/C13H10ClFN2O/c14-12-11(6-10(15)8-16-12)13(18)17-7-9-4-2-1-3-5-9/h1-6,8H,7H2,(H,17,18). The Morgan fingerprint density at radius 2 is 2.06 bits per heavy atom. The van der Waals surface area contributed by atoms with E-state index in [9.17, 15) is 9.18 Å². The zero-order valence-corrected chi connectivity index (χ0v) is 10.1. The van der Waals surface area contributed by atoms with Crippen LogP contribution < -0.4 is 5.32 Å². The smallest absolute Gasteiger partial charge is 0.254 e. The van der Waals surface area contributed by atoms with Crippen molar-refractivity contribution in [3.8, 4) is 0 Å². The quantitative estimate of drug-likeness (QED) is 0.866. The molecule has 1 aromatic heterocycles. The Labute approximate surface area is 109 Å². The fraction of sp³-hybridized carbons (Fsp3) is 0.0769. The van der Waals surface area contributed by atoms with Crippen LogP contribution in [0.2, 0.25) is 5.15 Å². The number of pyridine rings is 1. The van der Waals surface area contributed by atoms with E-state index in [0.717, 1.165) is 17.8 Å². The van der Waals surface area contributed by atoms with E-state index in [-0.39, 0.29) is 10.7 Å². The molecule has 0 bridgehead atoms. The van der Waals surface area contributed by atoms with Gasteiger partial charge >= 0.3 is 0 Å². The molecule has 0 fully saturated rings. The molecule has 0 aliphatic carbocycles. The number of amides is 1. The molecular weight excluding hydrogens is 255 g/mol. The van der Waals surface area contributed by atoms with Crippen molar-refractivity contribution in [3.63, 3.8) is 0 Å². The second-order valence-corrected chi connectivity index (χ2v) is 4.02. The first kappa shape index (κ1) is 12.5. The van der Waals surface area contributed by atoms with Gasteiger partial charge in [-0.25, -0.2) is 9.37 Å². The predicted molar refractivity (Wildman–Crippen MR) is 66.8 cm³/mol. The maximum Gasteiger partial charge on any atom is 0.254 e. The van der Waals surface area contributed by atoms with Crippen molar-refractivity contribution in [2.45, 2.75) is 6.54 Å². The summed E-state index contributed by atoms with van der Waals surface area (Å²) in [5, 5.41) is 2.64. The lowest BCUT2D eigenvalue weighted by atomic mass is 10.2. The molecule has 3 nitrogen and oxygen atoms in total. The van der Waals surface area contributed by atoms with Crippen LogP contribution in [0.5, 0.6) is 0 Å². The maximum absolute atomic E-state index is 13.0. The highest BCUT2D eigenvalue weighted by molar-refractivity contribution is 6.32. The van der Waals surface area contributed by atoms with Gasteiger partial charge in [-0.15, -0.1) is 0 Å². The predicted octanol–water partition coefficient (Wildman–Crippen LogP) is 2.80. The van der Waals surface area contributed by atoms with Crippen LogP contribution in [-0.4, -0.2) is 10.9 Å². The monoisotopic (exact) mass is 264 g/mol. The van der Waals surface area contributed by atoms with E-state index in [2.05, 4.69) is 10.3 Å². The number of carbonyl (C=O) groups is 1. The highest BCUT2D eigenvalue weighted by atomic mass is 35.5. The summed E-state index contributed by atoms with van der Waals surface area (Å²) in [5.41, 5.74) is 0.985. The van der Waals surface area contributed by atoms with Gasteiger partial charge in [-0.2, -0.15) is 0 Å². The molecule has 1 aromatic carbocycles. The van der Waals surface area contributed by atoms with Gasteiger partial charge in [-0.1, -0.05) is 41.9 Å². The van der Waals surface area contributed by atoms with Crippen LogP contribution in [0.3, 0.4) is 0 Å². The number of rotatable bonds is 3. The van der Waals surface area contributed by atoms with Crippen molar-refractivity contribution in [3.05, 3.63) is 64.7 Å². The van der Waals surface area contributed by atoms with Crippen LogP contribution in [0.1, 0.15) is 15.9 Å². The van der Waals surface area contributed by atoms with Gasteiger partial charge in [-0.05, 0) is 11.6 Å². The van der Waals surface area contributed by atoms with Gasteiger partial charge in [0.2, 0.25) is 0 Å². The van der Waals surface area contributed by atoms with Gasteiger partial charge in [0.25, 0.3) is 5.91 Å². The molecule has 18 heavy (non-hydrogen) atoms. The van der Waals surface area contributed by atoms with Crippen LogP contribution in [-0.2, 0) is 6.54 Å². The summed E-state index contributed by atoms with van der Waals surface area (Å²) in [6.45, 7) is 0.354. The highest BCUT2D eigenvalue weighted by Crippen LogP contribution is 2.13. The summed E-state index contributed by atoms with van der Waals surface area (Å²) >= 11 is 5.73. The van der Waals surface area contributed by atoms with Crippen LogP contribution in [0.15, 0.2) is 42.6 Å². The number of nitrogens with zero attached hydrogens (tertiary/aromatic N) is 1. The second-order valence-electron chi connectivity index (χ2n) is 3.66. The summed E-state index contributed by atoms with van der Waals surface area (Å²) in [7, 11) is 0. The Bertz CT molecular complexity index is 560. The third-order valence-corrected chi connectivity index (χ3v) is 2.65. The van der Waals surface area contributed by atoms with Gasteiger partial charge < -0.3 is 5.32 Å². The number of benzene rings is 1. The van der Waals surface area contributed by atoms with E-state index >= 15 is 0 Å². The molecule has 0 saturated heterocycles. The largest absolute Gasteiger partial charge is 0.348 e. The third kappa shape index (κ3) is 3.05. The van der Waals surface area contributed by atoms with E-state index in [0.29, 0.717) is 6.54 Å². The number of aromatic nitrogens is 1. The topological polar surface area (TPSA) is 42.0 Å². The maximum atomic E-state index is 13.0. The molecule has 0 atom stereocenters. The number of carbonyl (C=O) groups excluding carboxylic acids is 1. The van der Waals surface area contributed by atoms with Gasteiger partial charge in [0, 0.05) is 6.54 Å². The Hall–Kier alpha value is -1.94. The molecule has 0 radical (unpaired) electrons. The van der Waals surface area contributed by atoms with Crippen molar-refractivity contribution in [2.75, 3.05) is 0 Å². The Morgan fingerprint density at radius 3 is 2.78 bits per heavy atom. The summed E-state index contributed by atoms with van der Waals surface area (Å²) in [5.74, 6) is -1.04. The van der Waals surface area contributed by atoms with Gasteiger partial charge in [0.15, 0.2) is 0 Å². The third-order valence-electron chi connectivity index (χ3n) is 2.35. The summed E-state index contributed by atoms with van der Waals surface area (Å²) in [6, 6.07) is 10.5. The first-order chi connectivity index (χ1) is 8.66. The number of hydrogen-bond acceptors (Lipinski definition) is 2. The van der Waals surface area contributed by atoms with Crippen LogP contribution in [0.4, 0.5) is 4.39 Å². The van der Waals surface area contributed by atoms with Crippen LogP contribution in [0.25, 0.3) is 0 Å². The van der Waals surface area contributed by atoms with Crippen molar-refractivity contribution < 1.29 is 9.18 Å². The molecule has 2 rings (SSSR count). The minimum atomic E-state index is -0.593. The normalized spacial score (nSPS) is 10.1. The number of hydrogen-bond donors (Lipinski definition) is 1. The van der Waals surface area contributed by atoms with E-state index in [1.54, 1.807) is 0 Å². The first-order valence-corrected chi connectivity index (χ1v) is 5.68. The molecule has 0 aliphatic rings. The molecule has 1 heterocycles. The zero-order chi connectivity index (χ0) is 13.0. The van der Waals surface area contributed by atoms with Crippen LogP contribution >= 0.6 is 11.6 Å². The Morgan fingerprint density at radius 1 is 1.33 bits per heavy atom. The lowest BCUT2D eigenvalue weighted by molar-refractivity contribution is 0.0950. The molecular formula is C13H10ClFN2O. The molecule has 5 heteroatoms. The number of halogens is 2. The van der Waals surface area contributed by atoms with Gasteiger partial charge in [-0.3, -0.25) is 4.79 Å². The fourth-order valence-corrected chi connectivity index (χ4v) is 1.64. The zero-order valence-electron chi connectivity index (χ0n) is 9.36. The van der Waals surface area contributed by atoms with E-state index in [4.69, 9.17) is 11.6 Å². The Kier molecular flexibility index (Phi) is 3.89. The molecule has 0 saturated carbocycles. The second kappa shape index (κ2) is 5.60. The average Bonchev–Trinajstić information content (AvgIpc) is 2.40. The minimum Gasteiger partial charge on any atom is -0.348 e. The average molecular weight is 265 g/mol. The molecule has 1 amide bonds. The lowest BCUT2D eigenvalue weighted by Crippen LogP contribution is -2.23. The van der Waals surface area contributed by atoms with Gasteiger partial charge in [0.05, 0.1) is 11.8 Å². The summed E-state index contributed by atoms with van der Waals surface area (Å²) in [6.07, 6.45) is 0.969. The van der Waals surface area contributed by atoms with Crippen molar-refractivity contribution in [1.82, 2.24) is 10.3 Å². The first-order valence-electron chi connectivity index (χ1n) is 5.30. The van der Waals surface area contributed by atoms with E-state index in [1.807, 2.05) is 30.3 Å². The van der Waals surface area contributed by atoms with Crippen molar-refractivity contribution >= 4 is 17.5 Å². The molecule has 0 spiro atoms. The minimum absolute atomic E-state index is 0.0121. The van der Waals surface area contributed by atoms with Crippen molar-refractivity contribution in [2.24, 2.45) is 0 Å². The fourth-order valence-electron chi connectivity index (χ4n) is 1.46. The summed E-state index contributed by atoms with van der Waals surface area (Å²) in [4.78, 5) is 15.4. The summed E-state index contributed by atoms with van der Waals surface area (Å²) < 4.78 is 13.0. The number of nitrogens with one attached hydrogen (secondary N) is 1. The molecule has 0 unspecified atom stereocenters. The van der Waals surface area contributed by atoms with Gasteiger partial charge in [0.1, 0.15) is 11.0 Å². The molecule has 1 N–H and O–H groups in total. The molecule has 2 aromatic rings. The van der Waals surface area contributed by atoms with E-state index < -0.39 is 11.7 Å². The SMILES string of the molecule is O=C(NCc1ccccc1)c1cc(F)cnc1Cl. The lowest BCUT2D eigenvalue weighted by Gasteiger charge is -2.06. The Balaban J connectivity index is 2.06. The molecule has 0 aliphatic heterocycles. The van der Waals surface area contributed by atoms with Crippen LogP contribution in [0, 0.1) is 5.82 Å². The molecule has 92 valence electrons. The highest BCUT2D eigenvalue weighted by Gasteiger charge is 2.12. The van der Waals surface area contributed by atoms with Crippen molar-refractivity contribution in [1.29, 1.82) is 0 Å². The van der Waals surface area contributed by atoms with E-state index in [1.165, 1.54) is 0 Å².